The quantitative estimate of drug-likeness (QED) is 0.833. The van der Waals surface area contributed by atoms with Gasteiger partial charge < -0.3 is 10.2 Å². The molecule has 0 bridgehead atoms. The lowest BCUT2D eigenvalue weighted by Crippen LogP contribution is -2.45. The maximum Gasteiger partial charge on any atom is 0.223 e. The number of aromatic nitrogens is 1. The minimum absolute atomic E-state index is 0.189. The third kappa shape index (κ3) is 4.96. The van der Waals surface area contributed by atoms with Crippen LogP contribution in [0.2, 0.25) is 0 Å². The summed E-state index contributed by atoms with van der Waals surface area (Å²) >= 11 is 3.47. The van der Waals surface area contributed by atoms with Crippen LogP contribution in [-0.2, 0) is 17.1 Å². The lowest BCUT2D eigenvalue weighted by Gasteiger charge is -2.38. The summed E-state index contributed by atoms with van der Waals surface area (Å²) < 4.78 is 0. The molecule has 3 rings (SSSR count). The summed E-state index contributed by atoms with van der Waals surface area (Å²) in [6.45, 7) is 2.77. The Morgan fingerprint density at radius 3 is 2.75 bits per heavy atom. The van der Waals surface area contributed by atoms with Gasteiger partial charge in [0.2, 0.25) is 5.91 Å². The first-order valence-electron chi connectivity index (χ1n) is 9.20. The molecule has 134 valence electrons. The van der Waals surface area contributed by atoms with E-state index in [1.54, 1.807) is 23.1 Å². The molecule has 24 heavy (non-hydrogen) atoms. The zero-order chi connectivity index (χ0) is 16.8. The van der Waals surface area contributed by atoms with Gasteiger partial charge in [0.25, 0.3) is 0 Å². The molecular formula is C18H29N3OS2. The van der Waals surface area contributed by atoms with Gasteiger partial charge in [0, 0.05) is 23.1 Å². The monoisotopic (exact) mass is 367 g/mol. The van der Waals surface area contributed by atoms with Gasteiger partial charge in [0.05, 0.1) is 12.2 Å². The van der Waals surface area contributed by atoms with Crippen LogP contribution in [0.5, 0.6) is 0 Å². The highest BCUT2D eigenvalue weighted by atomic mass is 32.2. The van der Waals surface area contributed by atoms with E-state index in [0.29, 0.717) is 6.54 Å². The molecule has 1 saturated carbocycles. The fraction of sp³-hybridized carbons (Fsp3) is 0.778. The lowest BCUT2D eigenvalue weighted by molar-refractivity contribution is -0.126. The average molecular weight is 368 g/mol. The van der Waals surface area contributed by atoms with E-state index in [2.05, 4.69) is 26.8 Å². The lowest BCUT2D eigenvalue weighted by atomic mass is 9.90. The summed E-state index contributed by atoms with van der Waals surface area (Å²) in [5.74, 6) is 1.37. The van der Waals surface area contributed by atoms with Gasteiger partial charge >= 0.3 is 0 Å². The second-order valence-electron chi connectivity index (χ2n) is 6.99. The fourth-order valence-electron chi connectivity index (χ4n) is 3.91. The van der Waals surface area contributed by atoms with Crippen LogP contribution in [0.15, 0.2) is 5.38 Å². The highest BCUT2D eigenvalue weighted by Gasteiger charge is 2.29. The van der Waals surface area contributed by atoms with E-state index in [1.165, 1.54) is 32.1 Å². The molecule has 1 aliphatic carbocycles. The van der Waals surface area contributed by atoms with E-state index >= 15 is 0 Å². The van der Waals surface area contributed by atoms with Crippen molar-refractivity contribution in [3.63, 3.8) is 0 Å². The first-order valence-corrected chi connectivity index (χ1v) is 11.5. The van der Waals surface area contributed by atoms with Crippen LogP contribution in [0.25, 0.3) is 0 Å². The molecule has 2 aliphatic rings. The fourth-order valence-corrected chi connectivity index (χ4v) is 5.43. The van der Waals surface area contributed by atoms with Crippen LogP contribution in [-0.4, -0.2) is 41.2 Å². The zero-order valence-electron chi connectivity index (χ0n) is 14.6. The van der Waals surface area contributed by atoms with Crippen LogP contribution in [0.4, 0.5) is 0 Å². The summed E-state index contributed by atoms with van der Waals surface area (Å²) in [6, 6.07) is 0.785. The molecular weight excluding hydrogens is 338 g/mol. The molecule has 1 N–H and O–H groups in total. The molecule has 6 heteroatoms. The predicted molar refractivity (Wildman–Crippen MR) is 102 cm³/mol. The van der Waals surface area contributed by atoms with Crippen molar-refractivity contribution in [2.75, 3.05) is 19.3 Å². The number of hydrogen-bond acceptors (Lipinski definition) is 5. The van der Waals surface area contributed by atoms with Crippen LogP contribution >= 0.6 is 23.1 Å². The van der Waals surface area contributed by atoms with E-state index in [1.807, 2.05) is 0 Å². The molecule has 0 atom stereocenters. The van der Waals surface area contributed by atoms with Crippen molar-refractivity contribution in [3.05, 3.63) is 16.1 Å². The second-order valence-corrected chi connectivity index (χ2v) is 8.79. The summed E-state index contributed by atoms with van der Waals surface area (Å²) in [5, 5.41) is 6.31. The Kier molecular flexibility index (Phi) is 6.98. The number of thiazole rings is 1. The Labute approximate surface area is 153 Å². The maximum atomic E-state index is 12.4. The van der Waals surface area contributed by atoms with E-state index in [4.69, 9.17) is 0 Å². The summed E-state index contributed by atoms with van der Waals surface area (Å²) in [7, 11) is 0. The molecule has 4 nitrogen and oxygen atoms in total. The van der Waals surface area contributed by atoms with Crippen molar-refractivity contribution >= 4 is 29.0 Å². The average Bonchev–Trinajstić information content (AvgIpc) is 3.08. The van der Waals surface area contributed by atoms with Crippen LogP contribution < -0.4 is 5.32 Å². The third-order valence-electron chi connectivity index (χ3n) is 5.30. The van der Waals surface area contributed by atoms with Gasteiger partial charge in [-0.25, -0.2) is 4.98 Å². The van der Waals surface area contributed by atoms with Gasteiger partial charge in [-0.2, -0.15) is 11.8 Å². The molecule has 1 amide bonds. The second kappa shape index (κ2) is 9.20. The Morgan fingerprint density at radius 2 is 2.04 bits per heavy atom. The minimum Gasteiger partial charge on any atom is -0.350 e. The smallest absolute Gasteiger partial charge is 0.223 e. The highest BCUT2D eigenvalue weighted by molar-refractivity contribution is 7.97. The number of likely N-dealkylation sites (tertiary alicyclic amines) is 1. The molecule has 0 aromatic carbocycles. The van der Waals surface area contributed by atoms with E-state index in [-0.39, 0.29) is 11.8 Å². The minimum atomic E-state index is 0.189. The number of carbonyl (C=O) groups is 1. The number of thioether (sulfide) groups is 1. The zero-order valence-corrected chi connectivity index (χ0v) is 16.3. The predicted octanol–water partition coefficient (Wildman–Crippen LogP) is 3.67. The highest BCUT2D eigenvalue weighted by Crippen LogP contribution is 2.27. The van der Waals surface area contributed by atoms with Gasteiger partial charge in [-0.05, 0) is 45.0 Å². The molecule has 1 saturated heterocycles. The molecule has 1 aliphatic heterocycles. The molecule has 1 aromatic heterocycles. The van der Waals surface area contributed by atoms with E-state index < -0.39 is 0 Å². The Bertz CT molecular complexity index is 520. The van der Waals surface area contributed by atoms with Crippen molar-refractivity contribution in [2.45, 2.75) is 63.3 Å². The number of nitrogens with zero attached hydrogens (tertiary/aromatic N) is 2. The summed E-state index contributed by atoms with van der Waals surface area (Å²) in [5.41, 5.74) is 0.997. The Balaban J connectivity index is 1.39. The van der Waals surface area contributed by atoms with Crippen molar-refractivity contribution in [2.24, 2.45) is 5.92 Å². The summed E-state index contributed by atoms with van der Waals surface area (Å²) in [6.07, 6.45) is 11.0. The van der Waals surface area contributed by atoms with Gasteiger partial charge in [0.15, 0.2) is 0 Å². The molecule has 2 heterocycles. The first kappa shape index (κ1) is 18.2. The van der Waals surface area contributed by atoms with Crippen molar-refractivity contribution in [3.8, 4) is 0 Å². The van der Waals surface area contributed by atoms with Gasteiger partial charge in [0.1, 0.15) is 5.01 Å². The van der Waals surface area contributed by atoms with Crippen molar-refractivity contribution < 1.29 is 4.79 Å². The SMILES string of the molecule is CSCc1nc(CNC(=O)C2CCN(C3CCCCC3)CC2)cs1. The number of nitrogens with one attached hydrogen (secondary N) is 1. The van der Waals surface area contributed by atoms with Crippen LogP contribution in [0.1, 0.15) is 55.6 Å². The van der Waals surface area contributed by atoms with E-state index in [9.17, 15) is 4.79 Å². The molecule has 0 unspecified atom stereocenters. The van der Waals surface area contributed by atoms with Crippen molar-refractivity contribution in [1.82, 2.24) is 15.2 Å². The van der Waals surface area contributed by atoms with Crippen LogP contribution in [0.3, 0.4) is 0 Å². The normalized spacial score (nSPS) is 21.0. The number of carbonyl (C=O) groups excluding carboxylic acids is 1. The number of hydrogen-bond donors (Lipinski definition) is 1. The van der Waals surface area contributed by atoms with Crippen LogP contribution in [0, 0.1) is 5.92 Å². The standard InChI is InChI=1S/C18H29N3OS2/c1-23-13-17-20-15(12-24-17)11-19-18(22)14-7-9-21(10-8-14)16-5-3-2-4-6-16/h12,14,16H,2-11,13H2,1H3,(H,19,22). The molecule has 1 aromatic rings. The molecule has 0 spiro atoms. The van der Waals surface area contributed by atoms with Crippen molar-refractivity contribution in [1.29, 1.82) is 0 Å². The topological polar surface area (TPSA) is 45.2 Å². The van der Waals surface area contributed by atoms with Gasteiger partial charge in [-0.3, -0.25) is 4.79 Å². The summed E-state index contributed by atoms with van der Waals surface area (Å²) in [4.78, 5) is 19.6. The molecule has 0 radical (unpaired) electrons. The van der Waals surface area contributed by atoms with Gasteiger partial charge in [-0.15, -0.1) is 11.3 Å². The first-order chi connectivity index (χ1) is 11.8. The Morgan fingerprint density at radius 1 is 1.29 bits per heavy atom. The molecule has 2 fully saturated rings. The van der Waals surface area contributed by atoms with E-state index in [0.717, 1.165) is 48.4 Å². The third-order valence-corrected chi connectivity index (χ3v) is 6.94. The Hall–Kier alpha value is -0.590. The number of amides is 1. The number of piperidine rings is 1. The van der Waals surface area contributed by atoms with Gasteiger partial charge in [-0.1, -0.05) is 19.3 Å². The largest absolute Gasteiger partial charge is 0.350 e. The maximum absolute atomic E-state index is 12.4. The number of rotatable bonds is 6.